The summed E-state index contributed by atoms with van der Waals surface area (Å²) in [7, 11) is 1.89. The van der Waals surface area contributed by atoms with E-state index in [1.165, 1.54) is 28.8 Å². The number of carbonyl (C=O) groups excluding carboxylic acids is 2. The third-order valence-corrected chi connectivity index (χ3v) is 7.68. The van der Waals surface area contributed by atoms with Gasteiger partial charge in [0.1, 0.15) is 5.00 Å². The third kappa shape index (κ3) is 5.61. The van der Waals surface area contributed by atoms with E-state index in [0.29, 0.717) is 15.7 Å². The van der Waals surface area contributed by atoms with Crippen molar-refractivity contribution in [1.82, 2.24) is 14.8 Å². The SMILES string of the molecule is CCOC(=O)c1c(NC(=O)CSc2nnc(-c3ccc(N(CC)CC)cc3)n2C)sc(C)c1C. The fourth-order valence-corrected chi connectivity index (χ4v) is 5.33. The van der Waals surface area contributed by atoms with E-state index in [0.717, 1.165) is 34.9 Å². The molecule has 1 amide bonds. The minimum atomic E-state index is -0.419. The zero-order valence-corrected chi connectivity index (χ0v) is 22.1. The van der Waals surface area contributed by atoms with Gasteiger partial charge in [-0.15, -0.1) is 21.5 Å². The summed E-state index contributed by atoms with van der Waals surface area (Å²) < 4.78 is 7.04. The number of hydrogen-bond donors (Lipinski definition) is 1. The lowest BCUT2D eigenvalue weighted by Crippen LogP contribution is -2.21. The van der Waals surface area contributed by atoms with Gasteiger partial charge in [0.2, 0.25) is 5.91 Å². The number of ether oxygens (including phenoxy) is 1. The molecular formula is C24H31N5O3S2. The van der Waals surface area contributed by atoms with Gasteiger partial charge in [0.25, 0.3) is 0 Å². The average Bonchev–Trinajstić information content (AvgIpc) is 3.32. The molecule has 2 heterocycles. The molecule has 10 heteroatoms. The number of rotatable bonds is 10. The van der Waals surface area contributed by atoms with Gasteiger partial charge >= 0.3 is 5.97 Å². The molecule has 0 aliphatic rings. The Labute approximate surface area is 208 Å². The molecule has 0 atom stereocenters. The van der Waals surface area contributed by atoms with Crippen LogP contribution < -0.4 is 10.2 Å². The van der Waals surface area contributed by atoms with Crippen molar-refractivity contribution >= 4 is 45.7 Å². The molecule has 0 aliphatic heterocycles. The molecular weight excluding hydrogens is 470 g/mol. The zero-order valence-electron chi connectivity index (χ0n) is 20.5. The van der Waals surface area contributed by atoms with E-state index in [1.54, 1.807) is 6.92 Å². The van der Waals surface area contributed by atoms with Crippen LogP contribution in [0.2, 0.25) is 0 Å². The highest BCUT2D eigenvalue weighted by Gasteiger charge is 2.22. The van der Waals surface area contributed by atoms with Crippen molar-refractivity contribution in [2.45, 2.75) is 39.8 Å². The van der Waals surface area contributed by atoms with Crippen LogP contribution in [0.3, 0.4) is 0 Å². The molecule has 1 aromatic carbocycles. The van der Waals surface area contributed by atoms with Crippen LogP contribution >= 0.6 is 23.1 Å². The predicted octanol–water partition coefficient (Wildman–Crippen LogP) is 4.91. The van der Waals surface area contributed by atoms with Gasteiger partial charge in [0, 0.05) is 36.3 Å². The van der Waals surface area contributed by atoms with E-state index in [4.69, 9.17) is 4.74 Å². The number of nitrogens with zero attached hydrogens (tertiary/aromatic N) is 4. The van der Waals surface area contributed by atoms with Crippen molar-refractivity contribution in [3.8, 4) is 11.4 Å². The molecule has 0 saturated heterocycles. The Morgan fingerprint density at radius 1 is 1.12 bits per heavy atom. The highest BCUT2D eigenvalue weighted by molar-refractivity contribution is 7.99. The topological polar surface area (TPSA) is 89.3 Å². The Morgan fingerprint density at radius 2 is 1.79 bits per heavy atom. The van der Waals surface area contributed by atoms with Crippen LogP contribution in [0.15, 0.2) is 29.4 Å². The quantitative estimate of drug-likeness (QED) is 0.312. The second-order valence-corrected chi connectivity index (χ2v) is 9.80. The minimum Gasteiger partial charge on any atom is -0.462 e. The Morgan fingerprint density at radius 3 is 2.41 bits per heavy atom. The van der Waals surface area contributed by atoms with Crippen molar-refractivity contribution in [3.05, 3.63) is 40.3 Å². The minimum absolute atomic E-state index is 0.144. The van der Waals surface area contributed by atoms with Crippen LogP contribution in [0.25, 0.3) is 11.4 Å². The molecule has 0 aliphatic carbocycles. The van der Waals surface area contributed by atoms with Gasteiger partial charge < -0.3 is 19.5 Å². The van der Waals surface area contributed by atoms with Crippen molar-refractivity contribution in [2.24, 2.45) is 7.05 Å². The molecule has 0 radical (unpaired) electrons. The summed E-state index contributed by atoms with van der Waals surface area (Å²) in [5.74, 6) is 0.246. The standard InChI is InChI=1S/C24H31N5O3S2/c1-7-29(8-2)18-12-10-17(11-13-18)21-26-27-24(28(21)6)33-14-19(30)25-22-20(23(31)32-9-3)15(4)16(5)34-22/h10-13H,7-9,14H2,1-6H3,(H,25,30). The normalized spacial score (nSPS) is 10.9. The predicted molar refractivity (Wildman–Crippen MR) is 139 cm³/mol. The lowest BCUT2D eigenvalue weighted by Gasteiger charge is -2.21. The third-order valence-electron chi connectivity index (χ3n) is 5.54. The number of aromatic nitrogens is 3. The first-order valence-corrected chi connectivity index (χ1v) is 13.0. The Hall–Kier alpha value is -2.85. The van der Waals surface area contributed by atoms with E-state index in [9.17, 15) is 9.59 Å². The summed E-state index contributed by atoms with van der Waals surface area (Å²) in [6.45, 7) is 12.0. The summed E-state index contributed by atoms with van der Waals surface area (Å²) in [4.78, 5) is 28.2. The zero-order chi connectivity index (χ0) is 24.8. The second-order valence-electron chi connectivity index (χ2n) is 7.63. The van der Waals surface area contributed by atoms with Crippen molar-refractivity contribution in [3.63, 3.8) is 0 Å². The Balaban J connectivity index is 1.67. The molecule has 34 heavy (non-hydrogen) atoms. The molecule has 3 rings (SSSR count). The first kappa shape index (κ1) is 25.8. The van der Waals surface area contributed by atoms with E-state index in [2.05, 4.69) is 46.4 Å². The number of benzene rings is 1. The number of carbonyl (C=O) groups is 2. The molecule has 0 fully saturated rings. The van der Waals surface area contributed by atoms with Crippen LogP contribution in [0.4, 0.5) is 10.7 Å². The van der Waals surface area contributed by atoms with E-state index >= 15 is 0 Å². The summed E-state index contributed by atoms with van der Waals surface area (Å²) in [6.07, 6.45) is 0. The van der Waals surface area contributed by atoms with Crippen LogP contribution in [-0.4, -0.2) is 52.1 Å². The van der Waals surface area contributed by atoms with Gasteiger partial charge in [-0.3, -0.25) is 4.79 Å². The highest BCUT2D eigenvalue weighted by atomic mass is 32.2. The first-order valence-electron chi connectivity index (χ1n) is 11.2. The summed E-state index contributed by atoms with van der Waals surface area (Å²) in [5, 5.41) is 12.6. The summed E-state index contributed by atoms with van der Waals surface area (Å²) >= 11 is 2.68. The maximum atomic E-state index is 12.6. The van der Waals surface area contributed by atoms with E-state index in [-0.39, 0.29) is 18.3 Å². The van der Waals surface area contributed by atoms with E-state index in [1.807, 2.05) is 37.6 Å². The summed E-state index contributed by atoms with van der Waals surface area (Å²) in [6, 6.07) is 8.25. The van der Waals surface area contributed by atoms with Gasteiger partial charge in [-0.2, -0.15) is 0 Å². The fourth-order valence-electron chi connectivity index (χ4n) is 3.56. The van der Waals surface area contributed by atoms with Crippen molar-refractivity contribution < 1.29 is 14.3 Å². The number of aryl methyl sites for hydroxylation is 1. The lowest BCUT2D eigenvalue weighted by atomic mass is 10.1. The van der Waals surface area contributed by atoms with Crippen LogP contribution in [0.5, 0.6) is 0 Å². The van der Waals surface area contributed by atoms with Crippen LogP contribution in [-0.2, 0) is 16.6 Å². The largest absolute Gasteiger partial charge is 0.462 e. The molecule has 3 aromatic rings. The molecule has 0 unspecified atom stereocenters. The number of anilines is 2. The number of thioether (sulfide) groups is 1. The molecule has 0 bridgehead atoms. The second kappa shape index (κ2) is 11.5. The van der Waals surface area contributed by atoms with Gasteiger partial charge in [-0.25, -0.2) is 4.79 Å². The van der Waals surface area contributed by atoms with Gasteiger partial charge in [0.05, 0.1) is 17.9 Å². The van der Waals surface area contributed by atoms with Gasteiger partial charge in [0.15, 0.2) is 11.0 Å². The van der Waals surface area contributed by atoms with Gasteiger partial charge in [-0.1, -0.05) is 11.8 Å². The van der Waals surface area contributed by atoms with E-state index < -0.39 is 5.97 Å². The fraction of sp³-hybridized carbons (Fsp3) is 0.417. The average molecular weight is 502 g/mol. The van der Waals surface area contributed by atoms with Gasteiger partial charge in [-0.05, 0) is 64.4 Å². The molecule has 0 spiro atoms. The molecule has 0 saturated carbocycles. The first-order chi connectivity index (χ1) is 16.3. The molecule has 1 N–H and O–H groups in total. The molecule has 2 aromatic heterocycles. The highest BCUT2D eigenvalue weighted by Crippen LogP contribution is 2.33. The van der Waals surface area contributed by atoms with Crippen LogP contribution in [0, 0.1) is 13.8 Å². The summed E-state index contributed by atoms with van der Waals surface area (Å²) in [5.41, 5.74) is 3.39. The Kier molecular flexibility index (Phi) is 8.73. The molecule has 182 valence electrons. The molecule has 8 nitrogen and oxygen atoms in total. The van der Waals surface area contributed by atoms with Crippen molar-refractivity contribution in [2.75, 3.05) is 35.7 Å². The van der Waals surface area contributed by atoms with Crippen LogP contribution in [0.1, 0.15) is 41.6 Å². The number of amides is 1. The monoisotopic (exact) mass is 501 g/mol. The number of nitrogens with one attached hydrogen (secondary N) is 1. The number of esters is 1. The number of hydrogen-bond acceptors (Lipinski definition) is 8. The number of thiophene rings is 1. The maximum Gasteiger partial charge on any atom is 0.341 e. The van der Waals surface area contributed by atoms with Crippen molar-refractivity contribution in [1.29, 1.82) is 0 Å². The maximum absolute atomic E-state index is 12.6. The smallest absolute Gasteiger partial charge is 0.341 e. The lowest BCUT2D eigenvalue weighted by molar-refractivity contribution is -0.113. The Bertz CT molecular complexity index is 1150.